The maximum atomic E-state index is 11.8. The number of aromatic amines is 1. The highest BCUT2D eigenvalue weighted by Crippen LogP contribution is 2.24. The van der Waals surface area contributed by atoms with Gasteiger partial charge in [-0.25, -0.2) is 0 Å². The molecule has 6 nitrogen and oxygen atoms in total. The number of amides is 1. The van der Waals surface area contributed by atoms with Crippen molar-refractivity contribution in [3.05, 3.63) is 30.1 Å². The number of benzene rings is 1. The Bertz CT molecular complexity index is 539. The van der Waals surface area contributed by atoms with Crippen LogP contribution < -0.4 is 11.1 Å². The van der Waals surface area contributed by atoms with Crippen LogP contribution in [0.4, 0.5) is 11.6 Å². The fourth-order valence-electron chi connectivity index (χ4n) is 1.31. The Hall–Kier alpha value is -2.02. The van der Waals surface area contributed by atoms with Crippen LogP contribution in [0.15, 0.2) is 29.2 Å². The predicted molar refractivity (Wildman–Crippen MR) is 67.0 cm³/mol. The van der Waals surface area contributed by atoms with Crippen molar-refractivity contribution in [3.8, 4) is 0 Å². The normalized spacial score (nSPS) is 10.2. The van der Waals surface area contributed by atoms with Gasteiger partial charge in [0.2, 0.25) is 11.8 Å². The van der Waals surface area contributed by atoms with Gasteiger partial charge in [0, 0.05) is 4.90 Å². The third kappa shape index (κ3) is 2.56. The van der Waals surface area contributed by atoms with Crippen molar-refractivity contribution in [2.24, 2.45) is 0 Å². The number of anilines is 2. The molecule has 0 fully saturated rings. The third-order valence-electron chi connectivity index (χ3n) is 2.07. The zero-order chi connectivity index (χ0) is 12.3. The van der Waals surface area contributed by atoms with E-state index in [2.05, 4.69) is 20.5 Å². The number of carbonyl (C=O) groups is 1. The number of nitrogen functional groups attached to an aromatic ring is 1. The van der Waals surface area contributed by atoms with E-state index in [1.807, 2.05) is 30.5 Å². The Kier molecular flexibility index (Phi) is 3.29. The summed E-state index contributed by atoms with van der Waals surface area (Å²) in [5.74, 6) is -0.220. The van der Waals surface area contributed by atoms with E-state index in [4.69, 9.17) is 5.73 Å². The van der Waals surface area contributed by atoms with E-state index in [9.17, 15) is 4.79 Å². The van der Waals surface area contributed by atoms with Gasteiger partial charge in [-0.15, -0.1) is 16.9 Å². The molecule has 0 radical (unpaired) electrons. The van der Waals surface area contributed by atoms with Gasteiger partial charge in [0.1, 0.15) is 0 Å². The molecule has 0 saturated heterocycles. The highest BCUT2D eigenvalue weighted by molar-refractivity contribution is 7.98. The van der Waals surface area contributed by atoms with Gasteiger partial charge < -0.3 is 11.1 Å². The first-order valence-electron chi connectivity index (χ1n) is 4.83. The Morgan fingerprint density at radius 3 is 2.88 bits per heavy atom. The number of aromatic nitrogens is 3. The molecule has 0 aliphatic rings. The van der Waals surface area contributed by atoms with Gasteiger partial charge in [-0.2, -0.15) is 4.98 Å². The second kappa shape index (κ2) is 4.88. The van der Waals surface area contributed by atoms with Gasteiger partial charge in [-0.3, -0.25) is 9.89 Å². The SMILES string of the molecule is CSc1ccccc1NC(=O)c1nc(N)n[nH]1. The number of nitrogens with one attached hydrogen (secondary N) is 2. The molecule has 88 valence electrons. The van der Waals surface area contributed by atoms with Crippen molar-refractivity contribution >= 4 is 29.3 Å². The molecule has 0 spiro atoms. The van der Waals surface area contributed by atoms with Gasteiger partial charge in [0.05, 0.1) is 5.69 Å². The van der Waals surface area contributed by atoms with Crippen LogP contribution in [0.2, 0.25) is 0 Å². The van der Waals surface area contributed by atoms with E-state index in [1.165, 1.54) is 0 Å². The highest BCUT2D eigenvalue weighted by Gasteiger charge is 2.12. The zero-order valence-corrected chi connectivity index (χ0v) is 9.91. The average molecular weight is 249 g/mol. The Morgan fingerprint density at radius 2 is 2.24 bits per heavy atom. The van der Waals surface area contributed by atoms with Crippen molar-refractivity contribution in [2.75, 3.05) is 17.3 Å². The lowest BCUT2D eigenvalue weighted by Gasteiger charge is -2.07. The summed E-state index contributed by atoms with van der Waals surface area (Å²) in [6.07, 6.45) is 1.94. The summed E-state index contributed by atoms with van der Waals surface area (Å²) >= 11 is 1.55. The van der Waals surface area contributed by atoms with Crippen LogP contribution in [0.25, 0.3) is 0 Å². The van der Waals surface area contributed by atoms with Gasteiger partial charge >= 0.3 is 0 Å². The number of nitrogens with zero attached hydrogens (tertiary/aromatic N) is 2. The number of para-hydroxylation sites is 1. The van der Waals surface area contributed by atoms with Gasteiger partial charge in [-0.05, 0) is 18.4 Å². The minimum absolute atomic E-state index is 0.0494. The molecule has 1 heterocycles. The van der Waals surface area contributed by atoms with Crippen LogP contribution in [-0.4, -0.2) is 27.3 Å². The largest absolute Gasteiger partial charge is 0.366 e. The van der Waals surface area contributed by atoms with Crippen LogP contribution in [-0.2, 0) is 0 Å². The molecule has 7 heteroatoms. The highest BCUT2D eigenvalue weighted by atomic mass is 32.2. The minimum Gasteiger partial charge on any atom is -0.366 e. The summed E-state index contributed by atoms with van der Waals surface area (Å²) in [6, 6.07) is 7.51. The molecule has 1 aromatic heterocycles. The first-order chi connectivity index (χ1) is 8.20. The molecule has 0 aliphatic carbocycles. The molecule has 4 N–H and O–H groups in total. The van der Waals surface area contributed by atoms with E-state index in [0.717, 1.165) is 10.6 Å². The molecule has 0 aliphatic heterocycles. The number of carbonyl (C=O) groups excluding carboxylic acids is 1. The summed E-state index contributed by atoms with van der Waals surface area (Å²) in [7, 11) is 0. The van der Waals surface area contributed by atoms with E-state index < -0.39 is 0 Å². The van der Waals surface area contributed by atoms with Crippen molar-refractivity contribution in [3.63, 3.8) is 0 Å². The monoisotopic (exact) mass is 249 g/mol. The fourth-order valence-corrected chi connectivity index (χ4v) is 1.86. The van der Waals surface area contributed by atoms with Gasteiger partial charge in [0.15, 0.2) is 0 Å². The van der Waals surface area contributed by atoms with Crippen molar-refractivity contribution in [2.45, 2.75) is 4.90 Å². The van der Waals surface area contributed by atoms with Gasteiger partial charge in [-0.1, -0.05) is 12.1 Å². The summed E-state index contributed by atoms with van der Waals surface area (Å²) in [4.78, 5) is 16.5. The number of hydrogen-bond donors (Lipinski definition) is 3. The number of thioether (sulfide) groups is 1. The average Bonchev–Trinajstić information content (AvgIpc) is 2.77. The van der Waals surface area contributed by atoms with Crippen LogP contribution in [0.5, 0.6) is 0 Å². The number of hydrogen-bond acceptors (Lipinski definition) is 5. The summed E-state index contributed by atoms with van der Waals surface area (Å²) in [5.41, 5.74) is 6.06. The Labute approximate surface area is 102 Å². The maximum absolute atomic E-state index is 11.8. The molecular weight excluding hydrogens is 238 g/mol. The van der Waals surface area contributed by atoms with Gasteiger partial charge in [0.25, 0.3) is 5.91 Å². The molecule has 1 aromatic carbocycles. The predicted octanol–water partition coefficient (Wildman–Crippen LogP) is 1.36. The lowest BCUT2D eigenvalue weighted by molar-refractivity contribution is 0.101. The fraction of sp³-hybridized carbons (Fsp3) is 0.100. The summed E-state index contributed by atoms with van der Waals surface area (Å²) in [6.45, 7) is 0. The van der Waals surface area contributed by atoms with Crippen molar-refractivity contribution in [1.82, 2.24) is 15.2 Å². The first kappa shape index (κ1) is 11.5. The van der Waals surface area contributed by atoms with Crippen LogP contribution in [0.1, 0.15) is 10.6 Å². The third-order valence-corrected chi connectivity index (χ3v) is 2.87. The minimum atomic E-state index is -0.365. The quantitative estimate of drug-likeness (QED) is 0.714. The van der Waals surface area contributed by atoms with E-state index in [0.29, 0.717) is 0 Å². The lowest BCUT2D eigenvalue weighted by Crippen LogP contribution is -2.14. The number of nitrogens with two attached hydrogens (primary N) is 1. The Balaban J connectivity index is 2.18. The topological polar surface area (TPSA) is 96.7 Å². The molecule has 1 amide bonds. The molecule has 2 rings (SSSR count). The Morgan fingerprint density at radius 1 is 1.47 bits per heavy atom. The first-order valence-corrected chi connectivity index (χ1v) is 6.05. The number of H-pyrrole nitrogens is 1. The second-order valence-corrected chi connectivity index (χ2v) is 4.04. The van der Waals surface area contributed by atoms with Crippen LogP contribution in [0.3, 0.4) is 0 Å². The van der Waals surface area contributed by atoms with E-state index in [1.54, 1.807) is 11.8 Å². The summed E-state index contributed by atoms with van der Waals surface area (Å²) < 4.78 is 0. The number of rotatable bonds is 3. The lowest BCUT2D eigenvalue weighted by atomic mass is 10.3. The zero-order valence-electron chi connectivity index (χ0n) is 9.10. The molecule has 2 aromatic rings. The standard InChI is InChI=1S/C10H11N5OS/c1-17-7-5-3-2-4-6(7)12-9(16)8-13-10(11)15-14-8/h2-5H,1H3,(H,12,16)(H3,11,13,14,15). The molecule has 17 heavy (non-hydrogen) atoms. The molecule has 0 bridgehead atoms. The molecule has 0 saturated carbocycles. The maximum Gasteiger partial charge on any atom is 0.293 e. The molecular formula is C10H11N5OS. The van der Waals surface area contributed by atoms with Crippen LogP contribution in [0, 0.1) is 0 Å². The van der Waals surface area contributed by atoms with Crippen molar-refractivity contribution < 1.29 is 4.79 Å². The molecule has 0 atom stereocenters. The second-order valence-electron chi connectivity index (χ2n) is 3.20. The molecule has 0 unspecified atom stereocenters. The van der Waals surface area contributed by atoms with Crippen LogP contribution >= 0.6 is 11.8 Å². The smallest absolute Gasteiger partial charge is 0.293 e. The van der Waals surface area contributed by atoms with E-state index >= 15 is 0 Å². The summed E-state index contributed by atoms with van der Waals surface area (Å²) in [5, 5.41) is 8.80. The van der Waals surface area contributed by atoms with E-state index in [-0.39, 0.29) is 17.7 Å². The van der Waals surface area contributed by atoms with Crippen molar-refractivity contribution in [1.29, 1.82) is 0 Å².